The maximum atomic E-state index is 13.0. The Kier molecular flexibility index (Phi) is 6.52. The molecule has 1 fully saturated rings. The minimum atomic E-state index is -3.93. The van der Waals surface area contributed by atoms with Crippen molar-refractivity contribution in [1.29, 1.82) is 0 Å². The molecule has 1 amide bonds. The molecule has 164 valence electrons. The fourth-order valence-corrected chi connectivity index (χ4v) is 4.01. The number of benzene rings is 1. The smallest absolute Gasteiger partial charge is 0.410 e. The fourth-order valence-electron chi connectivity index (χ4n) is 3.09. The van der Waals surface area contributed by atoms with Crippen LogP contribution in [0.4, 0.5) is 4.79 Å². The van der Waals surface area contributed by atoms with Crippen LogP contribution >= 0.6 is 0 Å². The highest BCUT2D eigenvalue weighted by Gasteiger charge is 2.40. The first-order valence-electron chi connectivity index (χ1n) is 9.99. The van der Waals surface area contributed by atoms with E-state index in [0.717, 1.165) is 24.1 Å². The van der Waals surface area contributed by atoms with Gasteiger partial charge in [-0.15, -0.1) is 0 Å². The number of aromatic nitrogens is 2. The van der Waals surface area contributed by atoms with Crippen molar-refractivity contribution in [1.82, 2.24) is 15.1 Å². The summed E-state index contributed by atoms with van der Waals surface area (Å²) in [6.07, 6.45) is 2.90. The van der Waals surface area contributed by atoms with Crippen molar-refractivity contribution in [2.24, 2.45) is 5.92 Å². The van der Waals surface area contributed by atoms with Gasteiger partial charge in [-0.1, -0.05) is 17.7 Å². The molecule has 1 saturated carbocycles. The Morgan fingerprint density at radius 1 is 1.23 bits per heavy atom. The van der Waals surface area contributed by atoms with E-state index in [9.17, 15) is 13.2 Å². The zero-order valence-corrected chi connectivity index (χ0v) is 18.6. The Bertz CT molecular complexity index is 946. The number of hydrogen-bond acceptors (Lipinski definition) is 6. The minimum absolute atomic E-state index is 0.0973. The van der Waals surface area contributed by atoms with E-state index in [1.54, 1.807) is 50.1 Å². The Morgan fingerprint density at radius 3 is 2.43 bits per heavy atom. The molecule has 1 aromatic carbocycles. The molecule has 1 aliphatic carbocycles. The Balaban J connectivity index is 1.79. The Hall–Kier alpha value is -2.39. The molecule has 2 aromatic rings. The summed E-state index contributed by atoms with van der Waals surface area (Å²) >= 11 is 0. The first-order valence-corrected chi connectivity index (χ1v) is 11.4. The molecule has 0 aliphatic heterocycles. The van der Waals surface area contributed by atoms with Gasteiger partial charge in [-0.25, -0.2) is 4.79 Å². The average Bonchev–Trinajstić information content (AvgIpc) is 3.35. The third-order valence-electron chi connectivity index (χ3n) is 4.80. The van der Waals surface area contributed by atoms with E-state index in [2.05, 4.69) is 10.2 Å². The summed E-state index contributed by atoms with van der Waals surface area (Å²) in [4.78, 5) is 14.6. The quantitative estimate of drug-likeness (QED) is 0.635. The van der Waals surface area contributed by atoms with Gasteiger partial charge in [0.05, 0.1) is 29.8 Å². The third-order valence-corrected chi connectivity index (χ3v) is 6.09. The molecule has 8 nitrogen and oxygen atoms in total. The average molecular weight is 436 g/mol. The highest BCUT2D eigenvalue weighted by Crippen LogP contribution is 2.37. The molecule has 3 rings (SSSR count). The molecule has 0 radical (unpaired) electrons. The lowest BCUT2D eigenvalue weighted by Crippen LogP contribution is -2.46. The van der Waals surface area contributed by atoms with Gasteiger partial charge in [0.25, 0.3) is 10.1 Å². The molecule has 1 heterocycles. The lowest BCUT2D eigenvalue weighted by atomic mass is 10.1. The number of ether oxygens (including phenoxy) is 1. The van der Waals surface area contributed by atoms with Gasteiger partial charge in [0, 0.05) is 6.20 Å². The number of amides is 1. The summed E-state index contributed by atoms with van der Waals surface area (Å²) in [6, 6.07) is 7.83. The third kappa shape index (κ3) is 6.06. The van der Waals surface area contributed by atoms with E-state index in [0.29, 0.717) is 0 Å². The van der Waals surface area contributed by atoms with Crippen LogP contribution in [-0.4, -0.2) is 47.9 Å². The SMILES string of the molecule is Cc1ccc(S(=O)(=O)OCC(C2CC2)N(Cc2ccn[nH]2)C(=O)OC(C)(C)C)cc1. The second kappa shape index (κ2) is 8.77. The molecule has 9 heteroatoms. The molecule has 1 aromatic heterocycles. The lowest BCUT2D eigenvalue weighted by Gasteiger charge is -2.33. The van der Waals surface area contributed by atoms with Crippen molar-refractivity contribution >= 4 is 16.2 Å². The molecule has 1 N–H and O–H groups in total. The van der Waals surface area contributed by atoms with Crippen molar-refractivity contribution in [3.8, 4) is 0 Å². The number of nitrogens with zero attached hydrogens (tertiary/aromatic N) is 2. The summed E-state index contributed by atoms with van der Waals surface area (Å²) in [5.74, 6) is 0.161. The highest BCUT2D eigenvalue weighted by atomic mass is 32.2. The highest BCUT2D eigenvalue weighted by molar-refractivity contribution is 7.86. The molecule has 1 aliphatic rings. The number of carbonyl (C=O) groups is 1. The molecule has 30 heavy (non-hydrogen) atoms. The van der Waals surface area contributed by atoms with Crippen molar-refractivity contribution in [2.45, 2.75) is 63.6 Å². The zero-order chi connectivity index (χ0) is 21.9. The van der Waals surface area contributed by atoms with Crippen LogP contribution in [0.5, 0.6) is 0 Å². The maximum absolute atomic E-state index is 13.0. The molecule has 0 saturated heterocycles. The largest absolute Gasteiger partial charge is 0.444 e. The van der Waals surface area contributed by atoms with Crippen LogP contribution in [0.25, 0.3) is 0 Å². The van der Waals surface area contributed by atoms with Crippen LogP contribution < -0.4 is 0 Å². The number of rotatable bonds is 8. The van der Waals surface area contributed by atoms with E-state index >= 15 is 0 Å². The van der Waals surface area contributed by atoms with E-state index < -0.39 is 27.9 Å². The molecular formula is C21H29N3O5S. The van der Waals surface area contributed by atoms with E-state index in [1.165, 1.54) is 12.1 Å². The monoisotopic (exact) mass is 435 g/mol. The number of carbonyl (C=O) groups excluding carboxylic acids is 1. The lowest BCUT2D eigenvalue weighted by molar-refractivity contribution is 0.00533. The van der Waals surface area contributed by atoms with Gasteiger partial charge in [0.1, 0.15) is 5.60 Å². The minimum Gasteiger partial charge on any atom is -0.444 e. The molecule has 0 bridgehead atoms. The van der Waals surface area contributed by atoms with Crippen molar-refractivity contribution in [2.75, 3.05) is 6.61 Å². The van der Waals surface area contributed by atoms with E-state index in [4.69, 9.17) is 8.92 Å². The Morgan fingerprint density at radius 2 is 1.90 bits per heavy atom. The van der Waals surface area contributed by atoms with Crippen LogP contribution in [0.1, 0.15) is 44.9 Å². The number of H-pyrrole nitrogens is 1. The second-order valence-corrected chi connectivity index (χ2v) is 10.3. The number of hydrogen-bond donors (Lipinski definition) is 1. The normalized spacial score (nSPS) is 15.6. The van der Waals surface area contributed by atoms with Crippen LogP contribution in [0, 0.1) is 12.8 Å². The topological polar surface area (TPSA) is 102 Å². The standard InChI is InChI=1S/C21H29N3O5S/c1-15-5-9-18(10-6-15)30(26,27)28-14-19(16-7-8-16)24(13-17-11-12-22-23-17)20(25)29-21(2,3)4/h5-6,9-12,16,19H,7-8,13-14H2,1-4H3,(H,22,23). The van der Waals surface area contributed by atoms with Gasteiger partial charge in [-0.3, -0.25) is 14.2 Å². The molecule has 1 atom stereocenters. The number of nitrogens with one attached hydrogen (secondary N) is 1. The van der Waals surface area contributed by atoms with Crippen molar-refractivity contribution in [3.05, 3.63) is 47.8 Å². The van der Waals surface area contributed by atoms with Gasteiger partial charge in [0.2, 0.25) is 0 Å². The number of aromatic amines is 1. The van der Waals surface area contributed by atoms with Crippen LogP contribution in [-0.2, 0) is 25.6 Å². The summed E-state index contributed by atoms with van der Waals surface area (Å²) in [5, 5.41) is 6.77. The van der Waals surface area contributed by atoms with Gasteiger partial charge in [-0.05, 0) is 64.7 Å². The van der Waals surface area contributed by atoms with Gasteiger partial charge in [0.15, 0.2) is 0 Å². The zero-order valence-electron chi connectivity index (χ0n) is 17.8. The van der Waals surface area contributed by atoms with E-state index in [1.807, 2.05) is 6.92 Å². The predicted octanol–water partition coefficient (Wildman–Crippen LogP) is 3.64. The number of aryl methyl sites for hydroxylation is 1. The van der Waals surface area contributed by atoms with E-state index in [-0.39, 0.29) is 24.0 Å². The summed E-state index contributed by atoms with van der Waals surface area (Å²) < 4.78 is 36.3. The van der Waals surface area contributed by atoms with Crippen LogP contribution in [0.15, 0.2) is 41.4 Å². The maximum Gasteiger partial charge on any atom is 0.410 e. The summed E-state index contributed by atoms with van der Waals surface area (Å²) in [6.45, 7) is 7.37. The molecular weight excluding hydrogens is 406 g/mol. The van der Waals surface area contributed by atoms with Gasteiger partial charge < -0.3 is 4.74 Å². The predicted molar refractivity (Wildman–Crippen MR) is 111 cm³/mol. The Labute approximate surface area is 177 Å². The first kappa shape index (κ1) is 22.3. The molecule has 0 spiro atoms. The van der Waals surface area contributed by atoms with Crippen molar-refractivity contribution < 1.29 is 22.1 Å². The van der Waals surface area contributed by atoms with Gasteiger partial charge in [-0.2, -0.15) is 13.5 Å². The second-order valence-electron chi connectivity index (χ2n) is 8.65. The summed E-state index contributed by atoms with van der Waals surface area (Å²) in [5.41, 5.74) is 1.01. The fraction of sp³-hybridized carbons (Fsp3) is 0.524. The van der Waals surface area contributed by atoms with Gasteiger partial charge >= 0.3 is 6.09 Å². The van der Waals surface area contributed by atoms with Crippen molar-refractivity contribution in [3.63, 3.8) is 0 Å². The first-order chi connectivity index (χ1) is 14.0. The van der Waals surface area contributed by atoms with Crippen LogP contribution in [0.2, 0.25) is 0 Å². The van der Waals surface area contributed by atoms with Crippen LogP contribution in [0.3, 0.4) is 0 Å². The molecule has 1 unspecified atom stereocenters. The summed E-state index contributed by atoms with van der Waals surface area (Å²) in [7, 11) is -3.93.